The van der Waals surface area contributed by atoms with Crippen molar-refractivity contribution in [2.45, 2.75) is 11.3 Å². The SMILES string of the molecule is COc1cc(NS(=O)(=O)c2ccc(NC(=S)NC(=O)c3ccc(OCCc4ccccc4)cc3)cc2)ncn1. The smallest absolute Gasteiger partial charge is 0.263 e. The molecule has 0 spiro atoms. The van der Waals surface area contributed by atoms with Gasteiger partial charge in [-0.2, -0.15) is 0 Å². The third-order valence-electron chi connectivity index (χ3n) is 5.36. The Hall–Kier alpha value is -4.55. The van der Waals surface area contributed by atoms with Crippen molar-refractivity contribution in [1.82, 2.24) is 15.3 Å². The lowest BCUT2D eigenvalue weighted by Gasteiger charge is -2.12. The Morgan fingerprint density at radius 2 is 1.67 bits per heavy atom. The van der Waals surface area contributed by atoms with Gasteiger partial charge in [-0.3, -0.25) is 14.8 Å². The highest BCUT2D eigenvalue weighted by atomic mass is 32.2. The maximum Gasteiger partial charge on any atom is 0.263 e. The number of benzene rings is 3. The number of hydrogen-bond donors (Lipinski definition) is 3. The van der Waals surface area contributed by atoms with Gasteiger partial charge in [0.25, 0.3) is 15.9 Å². The molecule has 0 fully saturated rings. The molecular weight excluding hydrogens is 538 g/mol. The molecule has 0 saturated heterocycles. The van der Waals surface area contributed by atoms with Gasteiger partial charge in [0.2, 0.25) is 5.88 Å². The van der Waals surface area contributed by atoms with Gasteiger partial charge in [-0.25, -0.2) is 18.4 Å². The minimum atomic E-state index is -3.90. The molecule has 0 radical (unpaired) electrons. The molecule has 0 saturated carbocycles. The summed E-state index contributed by atoms with van der Waals surface area (Å²) in [4.78, 5) is 20.3. The summed E-state index contributed by atoms with van der Waals surface area (Å²) in [5.41, 5.74) is 2.08. The van der Waals surface area contributed by atoms with Crippen LogP contribution in [0, 0.1) is 0 Å². The van der Waals surface area contributed by atoms with Crippen LogP contribution in [0.5, 0.6) is 11.6 Å². The predicted molar refractivity (Wildman–Crippen MR) is 152 cm³/mol. The third kappa shape index (κ3) is 7.97. The molecule has 1 amide bonds. The molecule has 1 aromatic heterocycles. The van der Waals surface area contributed by atoms with Crippen molar-refractivity contribution in [2.75, 3.05) is 23.8 Å². The zero-order valence-corrected chi connectivity index (χ0v) is 22.5. The van der Waals surface area contributed by atoms with Crippen molar-refractivity contribution >= 4 is 44.8 Å². The Balaban J connectivity index is 1.27. The summed E-state index contributed by atoms with van der Waals surface area (Å²) in [5, 5.41) is 5.52. The number of carbonyl (C=O) groups is 1. The molecule has 4 rings (SSSR count). The summed E-state index contributed by atoms with van der Waals surface area (Å²) in [6.45, 7) is 0.523. The normalized spacial score (nSPS) is 10.8. The predicted octanol–water partition coefficient (Wildman–Crippen LogP) is 4.03. The number of methoxy groups -OCH3 is 1. The number of ether oxygens (including phenoxy) is 2. The van der Waals surface area contributed by atoms with Gasteiger partial charge in [-0.15, -0.1) is 0 Å². The van der Waals surface area contributed by atoms with Gasteiger partial charge in [0, 0.05) is 23.7 Å². The molecular formula is C27H25N5O5S2. The number of carbonyl (C=O) groups excluding carboxylic acids is 1. The van der Waals surface area contributed by atoms with Gasteiger partial charge in [0.1, 0.15) is 17.9 Å². The van der Waals surface area contributed by atoms with E-state index in [1.54, 1.807) is 24.3 Å². The van der Waals surface area contributed by atoms with Crippen molar-refractivity contribution < 1.29 is 22.7 Å². The average Bonchev–Trinajstić information content (AvgIpc) is 2.94. The van der Waals surface area contributed by atoms with E-state index in [9.17, 15) is 13.2 Å². The number of aromatic nitrogens is 2. The third-order valence-corrected chi connectivity index (χ3v) is 6.93. The fourth-order valence-corrected chi connectivity index (χ4v) is 4.60. The maximum absolute atomic E-state index is 12.7. The van der Waals surface area contributed by atoms with Gasteiger partial charge >= 0.3 is 0 Å². The molecule has 0 atom stereocenters. The Morgan fingerprint density at radius 3 is 2.36 bits per heavy atom. The van der Waals surface area contributed by atoms with Crippen LogP contribution in [0.4, 0.5) is 11.5 Å². The van der Waals surface area contributed by atoms with Gasteiger partial charge < -0.3 is 14.8 Å². The quantitative estimate of drug-likeness (QED) is 0.245. The number of anilines is 2. The van der Waals surface area contributed by atoms with E-state index in [2.05, 4.69) is 25.3 Å². The molecule has 3 aromatic carbocycles. The first kappa shape index (κ1) is 27.5. The summed E-state index contributed by atoms with van der Waals surface area (Å²) in [6, 6.07) is 24.0. The van der Waals surface area contributed by atoms with Gasteiger partial charge in [-0.1, -0.05) is 30.3 Å². The topological polar surface area (TPSA) is 132 Å². The van der Waals surface area contributed by atoms with E-state index in [0.29, 0.717) is 23.6 Å². The molecule has 4 aromatic rings. The van der Waals surface area contributed by atoms with Crippen molar-refractivity contribution in [1.29, 1.82) is 0 Å². The molecule has 0 unspecified atom stereocenters. The first-order chi connectivity index (χ1) is 18.8. The maximum atomic E-state index is 12.7. The number of nitrogens with zero attached hydrogens (tertiary/aromatic N) is 2. The number of thiocarbonyl (C=S) groups is 1. The lowest BCUT2D eigenvalue weighted by molar-refractivity contribution is 0.0977. The zero-order chi connectivity index (χ0) is 27.7. The molecule has 0 aliphatic carbocycles. The molecule has 1 heterocycles. The van der Waals surface area contributed by atoms with E-state index in [1.165, 1.54) is 49.3 Å². The fraction of sp³-hybridized carbons (Fsp3) is 0.111. The van der Waals surface area contributed by atoms with Crippen LogP contribution in [0.25, 0.3) is 0 Å². The van der Waals surface area contributed by atoms with Crippen LogP contribution in [0.3, 0.4) is 0 Å². The fourth-order valence-electron chi connectivity index (χ4n) is 3.39. The number of nitrogens with one attached hydrogen (secondary N) is 3. The molecule has 12 heteroatoms. The molecule has 10 nitrogen and oxygen atoms in total. The molecule has 0 aliphatic heterocycles. The molecule has 0 aliphatic rings. The van der Waals surface area contributed by atoms with Crippen LogP contribution in [0.2, 0.25) is 0 Å². The largest absolute Gasteiger partial charge is 0.493 e. The van der Waals surface area contributed by atoms with Crippen molar-refractivity contribution in [3.8, 4) is 11.6 Å². The van der Waals surface area contributed by atoms with E-state index in [1.807, 2.05) is 30.3 Å². The highest BCUT2D eigenvalue weighted by Gasteiger charge is 2.16. The van der Waals surface area contributed by atoms with Gasteiger partial charge in [0.15, 0.2) is 5.11 Å². The standard InChI is InChI=1S/C27H25N5O5S2/c1-36-25-17-24(28-18-29-25)32-39(34,35)23-13-9-21(10-14-23)30-27(38)31-26(33)20-7-11-22(12-8-20)37-16-15-19-5-3-2-4-6-19/h2-14,17-18H,15-16H2,1H3,(H,28,29,32)(H2,30,31,33,38). The van der Waals surface area contributed by atoms with Crippen LogP contribution in [-0.2, 0) is 16.4 Å². The second-order valence-electron chi connectivity index (χ2n) is 8.09. The lowest BCUT2D eigenvalue weighted by Crippen LogP contribution is -2.34. The number of hydrogen-bond acceptors (Lipinski definition) is 8. The Labute approximate surface area is 231 Å². The van der Waals surface area contributed by atoms with Crippen LogP contribution in [-0.4, -0.2) is 43.1 Å². The minimum absolute atomic E-state index is 0.00617. The molecule has 3 N–H and O–H groups in total. The summed E-state index contributed by atoms with van der Waals surface area (Å²) < 4.78 is 38.4. The van der Waals surface area contributed by atoms with E-state index in [4.69, 9.17) is 21.7 Å². The Bertz CT molecular complexity index is 1530. The minimum Gasteiger partial charge on any atom is -0.493 e. The summed E-state index contributed by atoms with van der Waals surface area (Å²) >= 11 is 5.23. The van der Waals surface area contributed by atoms with Crippen LogP contribution in [0.15, 0.2) is 96.2 Å². The van der Waals surface area contributed by atoms with Crippen LogP contribution in [0.1, 0.15) is 15.9 Å². The second-order valence-corrected chi connectivity index (χ2v) is 10.2. The molecule has 39 heavy (non-hydrogen) atoms. The van der Waals surface area contributed by atoms with Gasteiger partial charge in [-0.05, 0) is 66.3 Å². The van der Waals surface area contributed by atoms with Crippen molar-refractivity contribution in [2.24, 2.45) is 0 Å². The monoisotopic (exact) mass is 563 g/mol. The summed E-state index contributed by atoms with van der Waals surface area (Å²) in [6.07, 6.45) is 1.97. The van der Waals surface area contributed by atoms with Crippen molar-refractivity contribution in [3.05, 3.63) is 102 Å². The average molecular weight is 564 g/mol. The molecule has 200 valence electrons. The van der Waals surface area contributed by atoms with E-state index >= 15 is 0 Å². The Morgan fingerprint density at radius 1 is 0.949 bits per heavy atom. The summed E-state index contributed by atoms with van der Waals surface area (Å²) in [7, 11) is -2.48. The van der Waals surface area contributed by atoms with E-state index < -0.39 is 15.9 Å². The van der Waals surface area contributed by atoms with Crippen LogP contribution < -0.4 is 24.8 Å². The number of rotatable bonds is 10. The molecule has 0 bridgehead atoms. The number of sulfonamides is 1. The highest BCUT2D eigenvalue weighted by molar-refractivity contribution is 7.92. The lowest BCUT2D eigenvalue weighted by atomic mass is 10.2. The summed E-state index contributed by atoms with van der Waals surface area (Å²) in [5.74, 6) is 0.555. The Kier molecular flexibility index (Phi) is 9.02. The van der Waals surface area contributed by atoms with E-state index in [-0.39, 0.29) is 21.7 Å². The van der Waals surface area contributed by atoms with Crippen LogP contribution >= 0.6 is 12.2 Å². The second kappa shape index (κ2) is 12.8. The van der Waals surface area contributed by atoms with Crippen molar-refractivity contribution in [3.63, 3.8) is 0 Å². The van der Waals surface area contributed by atoms with E-state index in [0.717, 1.165) is 6.42 Å². The first-order valence-electron chi connectivity index (χ1n) is 11.7. The highest BCUT2D eigenvalue weighted by Crippen LogP contribution is 2.19. The zero-order valence-electron chi connectivity index (χ0n) is 20.8. The van der Waals surface area contributed by atoms with Gasteiger partial charge in [0.05, 0.1) is 18.6 Å². The first-order valence-corrected chi connectivity index (χ1v) is 13.6. The number of amides is 1.